The number of benzene rings is 1. The molecule has 1 unspecified atom stereocenters. The van der Waals surface area contributed by atoms with Gasteiger partial charge in [0.05, 0.1) is 5.92 Å². The van der Waals surface area contributed by atoms with Crippen LogP contribution in [0.3, 0.4) is 0 Å². The number of nitrogens with two attached hydrogens (primary N) is 1. The van der Waals surface area contributed by atoms with Crippen LogP contribution in [0.25, 0.3) is 0 Å². The summed E-state index contributed by atoms with van der Waals surface area (Å²) in [6, 6.07) is 5.79. The smallest absolute Gasteiger partial charge is 0.231 e. The second-order valence-corrected chi connectivity index (χ2v) is 5.63. The highest BCUT2D eigenvalue weighted by Gasteiger charge is 2.25. The minimum Gasteiger partial charge on any atom is -0.454 e. The van der Waals surface area contributed by atoms with Crippen LogP contribution in [0.15, 0.2) is 18.2 Å². The van der Waals surface area contributed by atoms with Crippen molar-refractivity contribution in [1.82, 2.24) is 4.90 Å². The van der Waals surface area contributed by atoms with Crippen molar-refractivity contribution in [2.45, 2.75) is 27.3 Å². The van der Waals surface area contributed by atoms with Crippen LogP contribution in [0.5, 0.6) is 11.5 Å². The molecule has 0 saturated carbocycles. The molecule has 5 heteroatoms. The molecule has 1 atom stereocenters. The molecule has 0 aromatic heterocycles. The fourth-order valence-electron chi connectivity index (χ4n) is 2.50. The third-order valence-electron chi connectivity index (χ3n) is 3.88. The first-order valence-electron chi connectivity index (χ1n) is 7.44. The third-order valence-corrected chi connectivity index (χ3v) is 3.88. The average molecular weight is 292 g/mol. The van der Waals surface area contributed by atoms with Gasteiger partial charge in [-0.25, -0.2) is 0 Å². The molecule has 1 aromatic rings. The van der Waals surface area contributed by atoms with E-state index in [0.29, 0.717) is 19.6 Å². The van der Waals surface area contributed by atoms with Crippen molar-refractivity contribution < 1.29 is 14.3 Å². The first-order chi connectivity index (χ1) is 10.1. The minimum atomic E-state index is -0.126. The van der Waals surface area contributed by atoms with Crippen molar-refractivity contribution in [3.8, 4) is 11.5 Å². The lowest BCUT2D eigenvalue weighted by atomic mass is 9.94. The van der Waals surface area contributed by atoms with Crippen molar-refractivity contribution >= 4 is 5.91 Å². The molecule has 0 radical (unpaired) electrons. The number of ether oxygens (including phenoxy) is 2. The van der Waals surface area contributed by atoms with Crippen LogP contribution in [0.1, 0.15) is 26.3 Å². The van der Waals surface area contributed by atoms with Gasteiger partial charge in [-0.3, -0.25) is 4.79 Å². The van der Waals surface area contributed by atoms with Crippen LogP contribution in [0, 0.1) is 11.8 Å². The summed E-state index contributed by atoms with van der Waals surface area (Å²) in [6.45, 7) is 7.92. The average Bonchev–Trinajstić information content (AvgIpc) is 2.92. The second-order valence-electron chi connectivity index (χ2n) is 5.63. The molecule has 0 aliphatic carbocycles. The minimum absolute atomic E-state index is 0.118. The van der Waals surface area contributed by atoms with Crippen molar-refractivity contribution in [3.05, 3.63) is 23.8 Å². The van der Waals surface area contributed by atoms with Gasteiger partial charge in [-0.1, -0.05) is 19.9 Å². The Morgan fingerprint density at radius 3 is 2.67 bits per heavy atom. The number of rotatable bonds is 6. The molecule has 0 saturated heterocycles. The zero-order valence-corrected chi connectivity index (χ0v) is 13.0. The number of nitrogens with zero attached hydrogens (tertiary/aromatic N) is 1. The van der Waals surface area contributed by atoms with Crippen LogP contribution >= 0.6 is 0 Å². The van der Waals surface area contributed by atoms with Gasteiger partial charge in [-0.2, -0.15) is 0 Å². The molecule has 5 nitrogen and oxygen atoms in total. The van der Waals surface area contributed by atoms with E-state index in [4.69, 9.17) is 15.2 Å². The number of amides is 1. The molecular weight excluding hydrogens is 268 g/mol. The van der Waals surface area contributed by atoms with Gasteiger partial charge >= 0.3 is 0 Å². The lowest BCUT2D eigenvalue weighted by Gasteiger charge is -2.27. The predicted octanol–water partition coefficient (Wildman–Crippen LogP) is 1.99. The fourth-order valence-corrected chi connectivity index (χ4v) is 2.50. The Morgan fingerprint density at radius 1 is 1.33 bits per heavy atom. The quantitative estimate of drug-likeness (QED) is 0.871. The molecule has 0 fully saturated rings. The van der Waals surface area contributed by atoms with Crippen LogP contribution < -0.4 is 15.2 Å². The van der Waals surface area contributed by atoms with Gasteiger partial charge in [0.2, 0.25) is 12.7 Å². The Hall–Kier alpha value is -1.75. The summed E-state index contributed by atoms with van der Waals surface area (Å²) in [6.07, 6.45) is 0. The Balaban J connectivity index is 2.10. The summed E-state index contributed by atoms with van der Waals surface area (Å²) >= 11 is 0. The molecule has 1 amide bonds. The zero-order chi connectivity index (χ0) is 15.4. The molecule has 1 aliphatic heterocycles. The number of hydrogen-bond donors (Lipinski definition) is 1. The van der Waals surface area contributed by atoms with E-state index in [2.05, 4.69) is 0 Å². The van der Waals surface area contributed by atoms with Gasteiger partial charge in [0.25, 0.3) is 0 Å². The largest absolute Gasteiger partial charge is 0.454 e. The van der Waals surface area contributed by atoms with E-state index < -0.39 is 0 Å². The van der Waals surface area contributed by atoms with E-state index in [1.807, 2.05) is 43.9 Å². The lowest BCUT2D eigenvalue weighted by Crippen LogP contribution is -2.40. The summed E-state index contributed by atoms with van der Waals surface area (Å²) in [7, 11) is 0. The summed E-state index contributed by atoms with van der Waals surface area (Å²) in [5.74, 6) is 1.74. The molecule has 0 bridgehead atoms. The Labute approximate surface area is 126 Å². The Kier molecular flexibility index (Phi) is 5.07. The van der Waals surface area contributed by atoms with Gasteiger partial charge < -0.3 is 20.1 Å². The highest BCUT2D eigenvalue weighted by molar-refractivity contribution is 5.79. The van der Waals surface area contributed by atoms with Crippen molar-refractivity contribution in [1.29, 1.82) is 0 Å². The zero-order valence-electron chi connectivity index (χ0n) is 13.0. The molecule has 1 aliphatic rings. The van der Waals surface area contributed by atoms with Gasteiger partial charge in [-0.05, 0) is 30.5 Å². The van der Waals surface area contributed by atoms with Crippen LogP contribution in [-0.2, 0) is 11.3 Å². The highest BCUT2D eigenvalue weighted by atomic mass is 16.7. The number of carbonyl (C=O) groups excluding carboxylic acids is 1. The van der Waals surface area contributed by atoms with Gasteiger partial charge in [0, 0.05) is 19.6 Å². The molecule has 0 spiro atoms. The lowest BCUT2D eigenvalue weighted by molar-refractivity contribution is -0.137. The second kappa shape index (κ2) is 6.80. The van der Waals surface area contributed by atoms with E-state index in [1.165, 1.54) is 0 Å². The van der Waals surface area contributed by atoms with Crippen LogP contribution in [0.2, 0.25) is 0 Å². The van der Waals surface area contributed by atoms with Gasteiger partial charge in [-0.15, -0.1) is 0 Å². The maximum absolute atomic E-state index is 12.6. The number of fused-ring (bicyclic) bond motifs is 1. The first-order valence-corrected chi connectivity index (χ1v) is 7.44. The first kappa shape index (κ1) is 15.6. The molecular formula is C16H24N2O3. The Bertz CT molecular complexity index is 502. The molecule has 2 N–H and O–H groups in total. The van der Waals surface area contributed by atoms with Crippen molar-refractivity contribution in [2.75, 3.05) is 19.9 Å². The van der Waals surface area contributed by atoms with E-state index in [0.717, 1.165) is 17.1 Å². The molecule has 116 valence electrons. The number of hydrogen-bond acceptors (Lipinski definition) is 4. The van der Waals surface area contributed by atoms with E-state index in [9.17, 15) is 4.79 Å². The van der Waals surface area contributed by atoms with Crippen molar-refractivity contribution in [3.63, 3.8) is 0 Å². The SMILES string of the molecule is CCN(Cc1ccc2c(c1)OCO2)C(=O)C(CN)C(C)C. The highest BCUT2D eigenvalue weighted by Crippen LogP contribution is 2.32. The molecule has 1 heterocycles. The molecule has 2 rings (SSSR count). The maximum Gasteiger partial charge on any atom is 0.231 e. The number of carbonyl (C=O) groups is 1. The maximum atomic E-state index is 12.6. The molecule has 1 aromatic carbocycles. The van der Waals surface area contributed by atoms with E-state index in [1.54, 1.807) is 0 Å². The summed E-state index contributed by atoms with van der Waals surface area (Å²) in [4.78, 5) is 14.4. The fraction of sp³-hybridized carbons (Fsp3) is 0.562. The van der Waals surface area contributed by atoms with E-state index in [-0.39, 0.29) is 24.5 Å². The van der Waals surface area contributed by atoms with Crippen LogP contribution in [-0.4, -0.2) is 30.7 Å². The summed E-state index contributed by atoms with van der Waals surface area (Å²) < 4.78 is 10.7. The monoisotopic (exact) mass is 292 g/mol. The van der Waals surface area contributed by atoms with Crippen molar-refractivity contribution in [2.24, 2.45) is 17.6 Å². The Morgan fingerprint density at radius 2 is 2.05 bits per heavy atom. The topological polar surface area (TPSA) is 64.8 Å². The summed E-state index contributed by atoms with van der Waals surface area (Å²) in [5, 5.41) is 0. The third kappa shape index (κ3) is 3.47. The van der Waals surface area contributed by atoms with Crippen LogP contribution in [0.4, 0.5) is 0 Å². The predicted molar refractivity (Wildman–Crippen MR) is 81.0 cm³/mol. The summed E-state index contributed by atoms with van der Waals surface area (Å²) in [5.41, 5.74) is 6.79. The standard InChI is InChI=1S/C16H24N2O3/c1-4-18(16(19)13(8-17)11(2)3)9-12-5-6-14-15(7-12)21-10-20-14/h5-7,11,13H,4,8-10,17H2,1-3H3. The van der Waals surface area contributed by atoms with Gasteiger partial charge in [0.1, 0.15) is 0 Å². The van der Waals surface area contributed by atoms with Gasteiger partial charge in [0.15, 0.2) is 11.5 Å². The molecule has 21 heavy (non-hydrogen) atoms. The van der Waals surface area contributed by atoms with E-state index >= 15 is 0 Å². The normalized spacial score (nSPS) is 14.3.